The molecule has 1 aromatic carbocycles. The number of ether oxygens (including phenoxy) is 2. The fraction of sp³-hybridized carbons (Fsp3) is 0.524. The van der Waals surface area contributed by atoms with Gasteiger partial charge in [0.2, 0.25) is 0 Å². The third-order valence-corrected chi connectivity index (χ3v) is 5.05. The third-order valence-electron chi connectivity index (χ3n) is 5.05. The van der Waals surface area contributed by atoms with E-state index in [9.17, 15) is 0 Å². The Kier molecular flexibility index (Phi) is 9.70. The molecule has 0 saturated carbocycles. The standard InChI is InChI=1S/C21H32N6O2.HI/c1-16-12-24-27(13-16)8-6-23-21(22-2)25-18-5-7-26(15-18)14-17-9-19(28-3)11-20(10-17)29-4;/h9-13,18H,5-8,14-15H2,1-4H3,(H2,22,23,25);1H. The van der Waals surface area contributed by atoms with Crippen molar-refractivity contribution in [2.24, 2.45) is 4.99 Å². The molecule has 2 aromatic rings. The van der Waals surface area contributed by atoms with Crippen LogP contribution in [0.15, 0.2) is 35.6 Å². The molecule has 0 spiro atoms. The second-order valence-corrected chi connectivity index (χ2v) is 7.37. The summed E-state index contributed by atoms with van der Waals surface area (Å²) in [6.07, 6.45) is 5.00. The van der Waals surface area contributed by atoms with E-state index in [1.54, 1.807) is 14.2 Å². The second-order valence-electron chi connectivity index (χ2n) is 7.37. The number of halogens is 1. The molecule has 2 N–H and O–H groups in total. The van der Waals surface area contributed by atoms with Crippen LogP contribution in [0.5, 0.6) is 11.5 Å². The Balaban J connectivity index is 0.00000320. The van der Waals surface area contributed by atoms with Crippen molar-refractivity contribution in [2.75, 3.05) is 40.9 Å². The van der Waals surface area contributed by atoms with Gasteiger partial charge < -0.3 is 20.1 Å². The molecule has 166 valence electrons. The van der Waals surface area contributed by atoms with Gasteiger partial charge in [-0.25, -0.2) is 0 Å². The monoisotopic (exact) mass is 528 g/mol. The zero-order valence-corrected chi connectivity index (χ0v) is 20.6. The summed E-state index contributed by atoms with van der Waals surface area (Å²) in [7, 11) is 5.17. The van der Waals surface area contributed by atoms with Crippen LogP contribution >= 0.6 is 24.0 Å². The number of nitrogens with one attached hydrogen (secondary N) is 2. The van der Waals surface area contributed by atoms with E-state index in [-0.39, 0.29) is 24.0 Å². The first-order valence-corrected chi connectivity index (χ1v) is 10.00. The number of aromatic nitrogens is 2. The van der Waals surface area contributed by atoms with E-state index in [0.717, 1.165) is 56.6 Å². The van der Waals surface area contributed by atoms with Crippen LogP contribution in [0, 0.1) is 6.92 Å². The first-order chi connectivity index (χ1) is 14.1. The molecule has 1 fully saturated rings. The van der Waals surface area contributed by atoms with E-state index < -0.39 is 0 Å². The van der Waals surface area contributed by atoms with Gasteiger partial charge in [-0.3, -0.25) is 14.6 Å². The number of guanidine groups is 1. The van der Waals surface area contributed by atoms with E-state index in [4.69, 9.17) is 9.47 Å². The molecule has 1 saturated heterocycles. The van der Waals surface area contributed by atoms with Crippen LogP contribution in [0.3, 0.4) is 0 Å². The average molecular weight is 528 g/mol. The molecule has 0 bridgehead atoms. The van der Waals surface area contributed by atoms with Crippen molar-refractivity contribution >= 4 is 29.9 Å². The third kappa shape index (κ3) is 7.05. The molecular weight excluding hydrogens is 495 g/mol. The van der Waals surface area contributed by atoms with Crippen LogP contribution in [0.2, 0.25) is 0 Å². The van der Waals surface area contributed by atoms with Gasteiger partial charge in [-0.15, -0.1) is 24.0 Å². The molecule has 2 heterocycles. The van der Waals surface area contributed by atoms with Crippen LogP contribution in [0.25, 0.3) is 0 Å². The van der Waals surface area contributed by atoms with Gasteiger partial charge in [-0.1, -0.05) is 0 Å². The zero-order valence-electron chi connectivity index (χ0n) is 18.2. The summed E-state index contributed by atoms with van der Waals surface area (Å²) in [5.41, 5.74) is 2.37. The topological polar surface area (TPSA) is 75.9 Å². The normalized spacial score (nSPS) is 16.8. The number of aliphatic imine (C=N–C) groups is 1. The summed E-state index contributed by atoms with van der Waals surface area (Å²) in [6, 6.07) is 6.42. The van der Waals surface area contributed by atoms with E-state index in [0.29, 0.717) is 6.04 Å². The van der Waals surface area contributed by atoms with Crippen LogP contribution in [-0.4, -0.2) is 67.6 Å². The summed E-state index contributed by atoms with van der Waals surface area (Å²) in [4.78, 5) is 6.79. The van der Waals surface area contributed by atoms with Gasteiger partial charge in [0.25, 0.3) is 0 Å². The van der Waals surface area contributed by atoms with E-state index in [2.05, 4.69) is 37.8 Å². The summed E-state index contributed by atoms with van der Waals surface area (Å²) >= 11 is 0. The molecule has 0 aliphatic carbocycles. The smallest absolute Gasteiger partial charge is 0.191 e. The largest absolute Gasteiger partial charge is 0.497 e. The Labute approximate surface area is 196 Å². The van der Waals surface area contributed by atoms with E-state index in [1.165, 1.54) is 11.1 Å². The Morgan fingerprint density at radius 1 is 1.23 bits per heavy atom. The molecule has 0 radical (unpaired) electrons. The van der Waals surface area contributed by atoms with Crippen molar-refractivity contribution in [3.8, 4) is 11.5 Å². The highest BCUT2D eigenvalue weighted by Crippen LogP contribution is 2.24. The summed E-state index contributed by atoms with van der Waals surface area (Å²) < 4.78 is 12.7. The number of hydrogen-bond acceptors (Lipinski definition) is 5. The fourth-order valence-electron chi connectivity index (χ4n) is 3.58. The molecule has 1 unspecified atom stereocenters. The number of hydrogen-bond donors (Lipinski definition) is 2. The Morgan fingerprint density at radius 3 is 2.57 bits per heavy atom. The first kappa shape index (κ1) is 24.3. The molecule has 1 aliphatic heterocycles. The minimum absolute atomic E-state index is 0. The van der Waals surface area contributed by atoms with Gasteiger partial charge in [-0.2, -0.15) is 5.10 Å². The lowest BCUT2D eigenvalue weighted by molar-refractivity contribution is 0.321. The van der Waals surface area contributed by atoms with E-state index >= 15 is 0 Å². The number of aryl methyl sites for hydroxylation is 1. The van der Waals surface area contributed by atoms with Crippen molar-refractivity contribution in [2.45, 2.75) is 32.5 Å². The fourth-order valence-corrected chi connectivity index (χ4v) is 3.58. The summed E-state index contributed by atoms with van der Waals surface area (Å²) in [5, 5.41) is 11.2. The van der Waals surface area contributed by atoms with Gasteiger partial charge in [0.1, 0.15) is 11.5 Å². The van der Waals surface area contributed by atoms with Crippen molar-refractivity contribution in [1.29, 1.82) is 0 Å². The van der Waals surface area contributed by atoms with Crippen molar-refractivity contribution in [3.05, 3.63) is 41.7 Å². The molecule has 1 aromatic heterocycles. The van der Waals surface area contributed by atoms with Gasteiger partial charge in [0.15, 0.2) is 5.96 Å². The molecule has 30 heavy (non-hydrogen) atoms. The molecule has 9 heteroatoms. The Hall–Kier alpha value is -2.01. The minimum atomic E-state index is 0. The molecule has 0 amide bonds. The van der Waals surface area contributed by atoms with Gasteiger partial charge in [-0.05, 0) is 36.6 Å². The Morgan fingerprint density at radius 2 is 1.97 bits per heavy atom. The average Bonchev–Trinajstić information content (AvgIpc) is 3.35. The highest BCUT2D eigenvalue weighted by molar-refractivity contribution is 14.0. The van der Waals surface area contributed by atoms with E-state index in [1.807, 2.05) is 37.1 Å². The number of benzene rings is 1. The van der Waals surface area contributed by atoms with Crippen LogP contribution in [0.1, 0.15) is 17.5 Å². The van der Waals surface area contributed by atoms with Gasteiger partial charge in [0, 0.05) is 51.5 Å². The minimum Gasteiger partial charge on any atom is -0.497 e. The SMILES string of the molecule is CN=C(NCCn1cc(C)cn1)NC1CCN(Cc2cc(OC)cc(OC)c2)C1.I. The number of rotatable bonds is 8. The number of nitrogens with zero attached hydrogens (tertiary/aromatic N) is 4. The lowest BCUT2D eigenvalue weighted by Gasteiger charge is -2.19. The predicted octanol–water partition coefficient (Wildman–Crippen LogP) is 2.27. The maximum Gasteiger partial charge on any atom is 0.191 e. The van der Waals surface area contributed by atoms with Gasteiger partial charge >= 0.3 is 0 Å². The number of methoxy groups -OCH3 is 2. The highest BCUT2D eigenvalue weighted by atomic mass is 127. The zero-order chi connectivity index (χ0) is 20.6. The van der Waals surface area contributed by atoms with Gasteiger partial charge in [0.05, 0.1) is 27.0 Å². The summed E-state index contributed by atoms with van der Waals surface area (Å²) in [5.74, 6) is 2.49. The maximum atomic E-state index is 5.38. The van der Waals surface area contributed by atoms with Crippen LogP contribution < -0.4 is 20.1 Å². The molecule has 1 atom stereocenters. The van der Waals surface area contributed by atoms with Crippen LogP contribution in [-0.2, 0) is 13.1 Å². The first-order valence-electron chi connectivity index (χ1n) is 10.00. The molecule has 8 nitrogen and oxygen atoms in total. The lowest BCUT2D eigenvalue weighted by Crippen LogP contribution is -2.45. The molecule has 1 aliphatic rings. The lowest BCUT2D eigenvalue weighted by atomic mass is 10.2. The number of likely N-dealkylation sites (tertiary alicyclic amines) is 1. The molecular formula is C21H33IN6O2. The highest BCUT2D eigenvalue weighted by Gasteiger charge is 2.23. The predicted molar refractivity (Wildman–Crippen MR) is 130 cm³/mol. The maximum absolute atomic E-state index is 5.38. The summed E-state index contributed by atoms with van der Waals surface area (Å²) in [6.45, 7) is 6.52. The van der Waals surface area contributed by atoms with Crippen LogP contribution in [0.4, 0.5) is 0 Å². The quantitative estimate of drug-likeness (QED) is 0.311. The van der Waals surface area contributed by atoms with Crippen molar-refractivity contribution in [3.63, 3.8) is 0 Å². The van der Waals surface area contributed by atoms with Crippen molar-refractivity contribution in [1.82, 2.24) is 25.3 Å². The molecule has 3 rings (SSSR count). The second kappa shape index (κ2) is 12.0. The Bertz CT molecular complexity index is 803. The van der Waals surface area contributed by atoms with Crippen molar-refractivity contribution < 1.29 is 9.47 Å².